The van der Waals surface area contributed by atoms with Gasteiger partial charge in [0.25, 0.3) is 0 Å². The second-order valence-electron chi connectivity index (χ2n) is 3.44. The van der Waals surface area contributed by atoms with Crippen LogP contribution in [0.25, 0.3) is 0 Å². The Bertz CT molecular complexity index is 492. The fraction of sp³-hybridized carbons (Fsp3) is 0.273. The van der Waals surface area contributed by atoms with Crippen LogP contribution < -0.4 is 5.32 Å². The van der Waals surface area contributed by atoms with Crippen molar-refractivity contribution in [1.82, 2.24) is 0 Å². The van der Waals surface area contributed by atoms with Gasteiger partial charge in [0.15, 0.2) is 0 Å². The molecule has 2 N–H and O–H groups in total. The van der Waals surface area contributed by atoms with Crippen LogP contribution in [0.2, 0.25) is 0 Å². The molecule has 0 spiro atoms. The third-order valence-electron chi connectivity index (χ3n) is 2.11. The number of hydrogen-bond donors (Lipinski definition) is 2. The topological polar surface area (TPSA) is 73.1 Å². The Labute approximate surface area is 101 Å². The van der Waals surface area contributed by atoms with Gasteiger partial charge in [-0.2, -0.15) is 18.4 Å². The Hall–Kier alpha value is -2.23. The van der Waals surface area contributed by atoms with Crippen molar-refractivity contribution in [2.75, 3.05) is 11.9 Å². The number of anilines is 1. The van der Waals surface area contributed by atoms with Crippen LogP contribution in [0.3, 0.4) is 0 Å². The number of nitriles is 1. The highest BCUT2D eigenvalue weighted by Crippen LogP contribution is 2.32. The van der Waals surface area contributed by atoms with E-state index in [1.165, 1.54) is 6.07 Å². The number of rotatable bonds is 4. The van der Waals surface area contributed by atoms with E-state index in [1.54, 1.807) is 0 Å². The van der Waals surface area contributed by atoms with Crippen LogP contribution in [0.5, 0.6) is 0 Å². The van der Waals surface area contributed by atoms with E-state index in [-0.39, 0.29) is 18.7 Å². The number of benzene rings is 1. The molecular formula is C11H9F3N2O2. The maximum atomic E-state index is 12.5. The molecule has 0 atom stereocenters. The normalized spacial score (nSPS) is 10.8. The summed E-state index contributed by atoms with van der Waals surface area (Å²) in [7, 11) is 0. The number of carboxylic acids is 1. The molecule has 0 aromatic heterocycles. The summed E-state index contributed by atoms with van der Waals surface area (Å²) in [4.78, 5) is 10.3. The van der Waals surface area contributed by atoms with Gasteiger partial charge < -0.3 is 10.4 Å². The maximum absolute atomic E-state index is 12.5. The third-order valence-corrected chi connectivity index (χ3v) is 2.11. The predicted molar refractivity (Wildman–Crippen MR) is 56.9 cm³/mol. The van der Waals surface area contributed by atoms with Gasteiger partial charge in [0.1, 0.15) is 0 Å². The van der Waals surface area contributed by atoms with E-state index in [2.05, 4.69) is 5.32 Å². The highest BCUT2D eigenvalue weighted by molar-refractivity contribution is 5.67. The summed E-state index contributed by atoms with van der Waals surface area (Å²) in [6.45, 7) is 0.0750. The lowest BCUT2D eigenvalue weighted by Gasteiger charge is -2.11. The maximum Gasteiger partial charge on any atom is 0.417 e. The first kappa shape index (κ1) is 13.8. The van der Waals surface area contributed by atoms with Crippen molar-refractivity contribution >= 4 is 11.7 Å². The van der Waals surface area contributed by atoms with Crippen LogP contribution in [0.15, 0.2) is 18.2 Å². The van der Waals surface area contributed by atoms with Gasteiger partial charge >= 0.3 is 12.1 Å². The van der Waals surface area contributed by atoms with Gasteiger partial charge in [-0.3, -0.25) is 4.79 Å². The second-order valence-corrected chi connectivity index (χ2v) is 3.44. The summed E-state index contributed by atoms with van der Waals surface area (Å²) in [5.74, 6) is -1.02. The number of nitrogens with zero attached hydrogens (tertiary/aromatic N) is 1. The first-order chi connectivity index (χ1) is 8.34. The molecule has 1 rings (SSSR count). The van der Waals surface area contributed by atoms with Gasteiger partial charge in [-0.25, -0.2) is 0 Å². The monoisotopic (exact) mass is 258 g/mol. The van der Waals surface area contributed by atoms with Gasteiger partial charge in [-0.1, -0.05) is 0 Å². The average molecular weight is 258 g/mol. The standard InChI is InChI=1S/C11H9F3N2O2/c12-11(13,14)9-2-1-8(5-7(9)6-15)16-4-3-10(17)18/h1-2,5,16H,3-4H2,(H,17,18). The summed E-state index contributed by atoms with van der Waals surface area (Å²) in [5.41, 5.74) is -1.22. The van der Waals surface area contributed by atoms with E-state index in [4.69, 9.17) is 10.4 Å². The Kier molecular flexibility index (Phi) is 4.15. The van der Waals surface area contributed by atoms with E-state index in [9.17, 15) is 18.0 Å². The van der Waals surface area contributed by atoms with Crippen LogP contribution in [0, 0.1) is 11.3 Å². The number of alkyl halides is 3. The zero-order chi connectivity index (χ0) is 13.8. The lowest BCUT2D eigenvalue weighted by molar-refractivity contribution is -0.138. The number of carboxylic acid groups (broad SMARTS) is 1. The van der Waals surface area contributed by atoms with E-state index < -0.39 is 23.3 Å². The number of halogens is 3. The van der Waals surface area contributed by atoms with E-state index in [0.717, 1.165) is 18.2 Å². The van der Waals surface area contributed by atoms with Crippen LogP contribution in [0.4, 0.5) is 18.9 Å². The lowest BCUT2D eigenvalue weighted by atomic mass is 10.1. The highest BCUT2D eigenvalue weighted by Gasteiger charge is 2.33. The zero-order valence-electron chi connectivity index (χ0n) is 9.08. The van der Waals surface area contributed by atoms with Crippen molar-refractivity contribution in [3.8, 4) is 6.07 Å². The van der Waals surface area contributed by atoms with Crippen molar-refractivity contribution in [3.63, 3.8) is 0 Å². The van der Waals surface area contributed by atoms with Crippen LogP contribution >= 0.6 is 0 Å². The second kappa shape index (κ2) is 5.40. The molecule has 1 aromatic carbocycles. The predicted octanol–water partition coefficient (Wildman–Crippen LogP) is 2.46. The van der Waals surface area contributed by atoms with Crippen molar-refractivity contribution in [3.05, 3.63) is 29.3 Å². The largest absolute Gasteiger partial charge is 0.481 e. The first-order valence-corrected chi connectivity index (χ1v) is 4.91. The summed E-state index contributed by atoms with van der Waals surface area (Å²) >= 11 is 0. The minimum absolute atomic E-state index is 0.0750. The smallest absolute Gasteiger partial charge is 0.417 e. The molecule has 0 bridgehead atoms. The Morgan fingerprint density at radius 2 is 2.11 bits per heavy atom. The molecule has 0 heterocycles. The highest BCUT2D eigenvalue weighted by atomic mass is 19.4. The van der Waals surface area contributed by atoms with E-state index in [0.29, 0.717) is 0 Å². The van der Waals surface area contributed by atoms with E-state index in [1.807, 2.05) is 0 Å². The lowest BCUT2D eigenvalue weighted by Crippen LogP contribution is -2.10. The minimum atomic E-state index is -4.58. The summed E-state index contributed by atoms with van der Waals surface area (Å²) in [5, 5.41) is 19.7. The average Bonchev–Trinajstić information content (AvgIpc) is 2.26. The number of aliphatic carboxylic acids is 1. The molecular weight excluding hydrogens is 249 g/mol. The molecule has 0 radical (unpaired) electrons. The molecule has 4 nitrogen and oxygen atoms in total. The summed E-state index contributed by atoms with van der Waals surface area (Å²) in [6, 6.07) is 4.46. The van der Waals surface area contributed by atoms with Crippen LogP contribution in [-0.2, 0) is 11.0 Å². The van der Waals surface area contributed by atoms with Gasteiger partial charge in [0, 0.05) is 12.2 Å². The molecule has 1 aromatic rings. The molecule has 7 heteroatoms. The molecule has 0 saturated heterocycles. The van der Waals surface area contributed by atoms with Crippen molar-refractivity contribution in [2.24, 2.45) is 0 Å². The molecule has 96 valence electrons. The van der Waals surface area contributed by atoms with Crippen molar-refractivity contribution in [2.45, 2.75) is 12.6 Å². The zero-order valence-corrected chi connectivity index (χ0v) is 9.08. The molecule has 0 aliphatic carbocycles. The van der Waals surface area contributed by atoms with E-state index >= 15 is 0 Å². The molecule has 0 aliphatic heterocycles. The van der Waals surface area contributed by atoms with Crippen LogP contribution in [0.1, 0.15) is 17.5 Å². The first-order valence-electron chi connectivity index (χ1n) is 4.91. The molecule has 0 fully saturated rings. The molecule has 18 heavy (non-hydrogen) atoms. The quantitative estimate of drug-likeness (QED) is 0.870. The Morgan fingerprint density at radius 3 is 2.61 bits per heavy atom. The Morgan fingerprint density at radius 1 is 1.44 bits per heavy atom. The fourth-order valence-electron chi connectivity index (χ4n) is 1.31. The van der Waals surface area contributed by atoms with Gasteiger partial charge in [-0.05, 0) is 18.2 Å². The minimum Gasteiger partial charge on any atom is -0.481 e. The molecule has 0 amide bonds. The van der Waals surface area contributed by atoms with Gasteiger partial charge in [0.2, 0.25) is 0 Å². The molecule has 0 saturated carbocycles. The van der Waals surface area contributed by atoms with Gasteiger partial charge in [0.05, 0.1) is 23.6 Å². The SMILES string of the molecule is N#Cc1cc(NCCC(=O)O)ccc1C(F)(F)F. The summed E-state index contributed by atoms with van der Waals surface area (Å²) < 4.78 is 37.4. The third kappa shape index (κ3) is 3.66. The summed E-state index contributed by atoms with van der Waals surface area (Å²) in [6.07, 6.45) is -4.74. The number of nitrogens with one attached hydrogen (secondary N) is 1. The Balaban J connectivity index is 2.87. The molecule has 0 unspecified atom stereocenters. The number of carbonyl (C=O) groups is 1. The molecule has 0 aliphatic rings. The fourth-order valence-corrected chi connectivity index (χ4v) is 1.31. The van der Waals surface area contributed by atoms with Crippen molar-refractivity contribution < 1.29 is 23.1 Å². The van der Waals surface area contributed by atoms with Crippen LogP contribution in [-0.4, -0.2) is 17.6 Å². The van der Waals surface area contributed by atoms with Gasteiger partial charge in [-0.15, -0.1) is 0 Å². The number of hydrogen-bond acceptors (Lipinski definition) is 3. The van der Waals surface area contributed by atoms with Crippen molar-refractivity contribution in [1.29, 1.82) is 5.26 Å².